The number of pyridine rings is 1. The minimum Gasteiger partial charge on any atom is -0.397 e. The van der Waals surface area contributed by atoms with Gasteiger partial charge in [-0.3, -0.25) is 0 Å². The van der Waals surface area contributed by atoms with Crippen LogP contribution in [-0.4, -0.2) is 18.1 Å². The highest BCUT2D eigenvalue weighted by Gasteiger charge is 2.13. The fourth-order valence-corrected chi connectivity index (χ4v) is 1.68. The maximum atomic E-state index is 5.75. The van der Waals surface area contributed by atoms with Crippen LogP contribution in [0.2, 0.25) is 0 Å². The molecule has 0 fully saturated rings. The maximum Gasteiger partial charge on any atom is 0.143 e. The van der Waals surface area contributed by atoms with Crippen molar-refractivity contribution >= 4 is 27.4 Å². The third kappa shape index (κ3) is 2.00. The summed E-state index contributed by atoms with van der Waals surface area (Å²) in [5, 5.41) is 0. The lowest BCUT2D eigenvalue weighted by atomic mass is 10.2. The van der Waals surface area contributed by atoms with Gasteiger partial charge in [-0.15, -0.1) is 0 Å². The van der Waals surface area contributed by atoms with E-state index in [-0.39, 0.29) is 0 Å². The third-order valence-corrected chi connectivity index (χ3v) is 3.34. The first-order chi connectivity index (χ1) is 6.45. The molecule has 3 nitrogen and oxygen atoms in total. The van der Waals surface area contributed by atoms with Crippen LogP contribution < -0.4 is 10.6 Å². The molecule has 4 heteroatoms. The van der Waals surface area contributed by atoms with E-state index in [1.165, 1.54) is 0 Å². The number of halogens is 1. The fraction of sp³-hybridized carbons (Fsp3) is 0.500. The summed E-state index contributed by atoms with van der Waals surface area (Å²) < 4.78 is 0.980. The van der Waals surface area contributed by atoms with E-state index in [0.29, 0.717) is 6.04 Å². The molecule has 0 amide bonds. The summed E-state index contributed by atoms with van der Waals surface area (Å²) in [6.07, 6.45) is 1.70. The van der Waals surface area contributed by atoms with E-state index in [9.17, 15) is 0 Å². The summed E-state index contributed by atoms with van der Waals surface area (Å²) in [7, 11) is 2.02. The van der Waals surface area contributed by atoms with Crippen LogP contribution in [-0.2, 0) is 0 Å². The van der Waals surface area contributed by atoms with Crippen molar-refractivity contribution in [1.29, 1.82) is 0 Å². The molecule has 0 aliphatic heterocycles. The zero-order valence-corrected chi connectivity index (χ0v) is 10.6. The van der Waals surface area contributed by atoms with E-state index in [4.69, 9.17) is 5.73 Å². The number of nitrogens with zero attached hydrogens (tertiary/aromatic N) is 2. The molecule has 1 aromatic rings. The highest BCUT2D eigenvalue weighted by atomic mass is 79.9. The Labute approximate surface area is 93.4 Å². The molecule has 0 spiro atoms. The molecule has 2 N–H and O–H groups in total. The van der Waals surface area contributed by atoms with Gasteiger partial charge < -0.3 is 10.6 Å². The van der Waals surface area contributed by atoms with Crippen LogP contribution in [0.25, 0.3) is 0 Å². The van der Waals surface area contributed by atoms with Gasteiger partial charge in [-0.25, -0.2) is 4.98 Å². The molecular formula is C10H16BrN3. The molecule has 0 aliphatic rings. The third-order valence-electron chi connectivity index (χ3n) is 2.39. The molecule has 0 radical (unpaired) electrons. The number of nitrogen functional groups attached to an aromatic ring is 1. The molecule has 0 atom stereocenters. The topological polar surface area (TPSA) is 42.1 Å². The quantitative estimate of drug-likeness (QED) is 0.886. The molecule has 78 valence electrons. The standard InChI is InChI=1S/C10H16BrN3/c1-6(2)14(4)10-9(11)7(3)8(12)5-13-10/h5-6H,12H2,1-4H3. The largest absolute Gasteiger partial charge is 0.397 e. The highest BCUT2D eigenvalue weighted by Crippen LogP contribution is 2.30. The molecule has 0 aliphatic carbocycles. The smallest absolute Gasteiger partial charge is 0.143 e. The number of hydrogen-bond acceptors (Lipinski definition) is 3. The van der Waals surface area contributed by atoms with Crippen LogP contribution in [0.5, 0.6) is 0 Å². The van der Waals surface area contributed by atoms with E-state index >= 15 is 0 Å². The van der Waals surface area contributed by atoms with E-state index < -0.39 is 0 Å². The zero-order valence-electron chi connectivity index (χ0n) is 9.00. The fourth-order valence-electron chi connectivity index (χ4n) is 1.07. The number of hydrogen-bond donors (Lipinski definition) is 1. The van der Waals surface area contributed by atoms with Crippen molar-refractivity contribution in [3.63, 3.8) is 0 Å². The Kier molecular flexibility index (Phi) is 3.37. The van der Waals surface area contributed by atoms with Crippen LogP contribution in [0.1, 0.15) is 19.4 Å². The van der Waals surface area contributed by atoms with E-state index in [1.54, 1.807) is 6.20 Å². The van der Waals surface area contributed by atoms with E-state index in [2.05, 4.69) is 39.7 Å². The van der Waals surface area contributed by atoms with E-state index in [1.807, 2.05) is 14.0 Å². The Morgan fingerprint density at radius 3 is 2.57 bits per heavy atom. The van der Waals surface area contributed by atoms with Gasteiger partial charge in [0.25, 0.3) is 0 Å². The molecule has 0 unspecified atom stereocenters. The predicted molar refractivity (Wildman–Crippen MR) is 64.6 cm³/mol. The first-order valence-corrected chi connectivity index (χ1v) is 5.37. The summed E-state index contributed by atoms with van der Waals surface area (Å²) in [6.45, 7) is 6.23. The maximum absolute atomic E-state index is 5.75. The van der Waals surface area contributed by atoms with E-state index in [0.717, 1.165) is 21.5 Å². The molecule has 1 aromatic heterocycles. The van der Waals surface area contributed by atoms with Crippen molar-refractivity contribution < 1.29 is 0 Å². The number of aromatic nitrogens is 1. The van der Waals surface area contributed by atoms with Crippen LogP contribution in [0.4, 0.5) is 11.5 Å². The molecule has 0 saturated carbocycles. The number of nitrogens with two attached hydrogens (primary N) is 1. The summed E-state index contributed by atoms with van der Waals surface area (Å²) in [5.41, 5.74) is 7.52. The lowest BCUT2D eigenvalue weighted by Crippen LogP contribution is -2.27. The van der Waals surface area contributed by atoms with Gasteiger partial charge in [0.2, 0.25) is 0 Å². The van der Waals surface area contributed by atoms with Gasteiger partial charge in [0.1, 0.15) is 5.82 Å². The van der Waals surface area contributed by atoms with Crippen LogP contribution in [0.3, 0.4) is 0 Å². The molecule has 1 heterocycles. The van der Waals surface area contributed by atoms with Crippen LogP contribution >= 0.6 is 15.9 Å². The lowest BCUT2D eigenvalue weighted by molar-refractivity contribution is 0.741. The highest BCUT2D eigenvalue weighted by molar-refractivity contribution is 9.10. The Morgan fingerprint density at radius 2 is 2.07 bits per heavy atom. The Bertz CT molecular complexity index is 336. The van der Waals surface area contributed by atoms with Crippen LogP contribution in [0, 0.1) is 6.92 Å². The minimum absolute atomic E-state index is 0.418. The Hall–Kier alpha value is -0.770. The van der Waals surface area contributed by atoms with Crippen molar-refractivity contribution in [2.24, 2.45) is 0 Å². The molecule has 0 saturated heterocycles. The SMILES string of the molecule is Cc1c(N)cnc(N(C)C(C)C)c1Br. The zero-order chi connectivity index (χ0) is 10.9. The molecule has 0 bridgehead atoms. The van der Waals surface area contributed by atoms with Gasteiger partial charge >= 0.3 is 0 Å². The average Bonchev–Trinajstić information content (AvgIpc) is 2.13. The van der Waals surface area contributed by atoms with Gasteiger partial charge in [0, 0.05) is 13.1 Å². The normalized spacial score (nSPS) is 10.7. The van der Waals surface area contributed by atoms with Gasteiger partial charge in [-0.1, -0.05) is 0 Å². The predicted octanol–water partition coefficient (Wildman–Crippen LogP) is 2.58. The van der Waals surface area contributed by atoms with Gasteiger partial charge in [0.15, 0.2) is 0 Å². The van der Waals surface area contributed by atoms with Crippen molar-refractivity contribution in [2.45, 2.75) is 26.8 Å². The molecule has 14 heavy (non-hydrogen) atoms. The molecule has 1 rings (SSSR count). The lowest BCUT2D eigenvalue weighted by Gasteiger charge is -2.24. The van der Waals surface area contributed by atoms with Gasteiger partial charge in [-0.05, 0) is 42.3 Å². The van der Waals surface area contributed by atoms with Gasteiger partial charge in [0.05, 0.1) is 16.4 Å². The summed E-state index contributed by atoms with van der Waals surface area (Å²) in [4.78, 5) is 6.42. The summed E-state index contributed by atoms with van der Waals surface area (Å²) in [5.74, 6) is 0.937. The second-order valence-electron chi connectivity index (χ2n) is 3.68. The average molecular weight is 258 g/mol. The Morgan fingerprint density at radius 1 is 1.50 bits per heavy atom. The molecular weight excluding hydrogens is 242 g/mol. The molecule has 0 aromatic carbocycles. The monoisotopic (exact) mass is 257 g/mol. The number of anilines is 2. The second-order valence-corrected chi connectivity index (χ2v) is 4.47. The second kappa shape index (κ2) is 4.17. The minimum atomic E-state index is 0.418. The summed E-state index contributed by atoms with van der Waals surface area (Å²) >= 11 is 3.52. The first-order valence-electron chi connectivity index (χ1n) is 4.58. The van der Waals surface area contributed by atoms with Crippen molar-refractivity contribution in [3.8, 4) is 0 Å². The van der Waals surface area contributed by atoms with Gasteiger partial charge in [-0.2, -0.15) is 0 Å². The van der Waals surface area contributed by atoms with Crippen LogP contribution in [0.15, 0.2) is 10.7 Å². The number of rotatable bonds is 2. The van der Waals surface area contributed by atoms with Crippen molar-refractivity contribution in [3.05, 3.63) is 16.2 Å². The Balaban J connectivity index is 3.17. The summed E-state index contributed by atoms with van der Waals surface area (Å²) in [6, 6.07) is 0.418. The van der Waals surface area contributed by atoms with Crippen molar-refractivity contribution in [1.82, 2.24) is 4.98 Å². The first kappa shape index (κ1) is 11.3. The van der Waals surface area contributed by atoms with Crippen molar-refractivity contribution in [2.75, 3.05) is 17.7 Å².